The summed E-state index contributed by atoms with van der Waals surface area (Å²) in [5.41, 5.74) is 0. The van der Waals surface area contributed by atoms with Crippen molar-refractivity contribution in [3.63, 3.8) is 0 Å². The van der Waals surface area contributed by atoms with Gasteiger partial charge >= 0.3 is 49.7 Å². The summed E-state index contributed by atoms with van der Waals surface area (Å²) in [5, 5.41) is 0. The third-order valence-corrected chi connectivity index (χ3v) is 0. The molecule has 0 aliphatic rings. The topological polar surface area (TPSA) is 189 Å². The Hall–Kier alpha value is 2.86. The van der Waals surface area contributed by atoms with E-state index < -0.39 is 0 Å². The average molecular weight is 501 g/mol. The van der Waals surface area contributed by atoms with Gasteiger partial charge in [0.05, 0.1) is 0 Å². The summed E-state index contributed by atoms with van der Waals surface area (Å²) in [6.07, 6.45) is 0. The first kappa shape index (κ1) is 428. The van der Waals surface area contributed by atoms with Gasteiger partial charge in [0.15, 0.2) is 0 Å². The van der Waals surface area contributed by atoms with Crippen LogP contribution in [0.3, 0.4) is 0 Å². The minimum Gasteiger partial charge on any atom is -1.00 e. The molecule has 0 heterocycles. The fraction of sp³-hybridized carbons (Fsp3) is 0. The van der Waals surface area contributed by atoms with E-state index in [1.54, 1.807) is 0 Å². The molecule has 0 rings (SSSR count). The van der Waals surface area contributed by atoms with Crippen molar-refractivity contribution >= 4 is 0 Å². The maximum absolute atomic E-state index is 0. The number of hydrogen-bond donors (Lipinski definition) is 0. The van der Waals surface area contributed by atoms with Gasteiger partial charge in [0.2, 0.25) is 0 Å². The molecule has 12 N–H and O–H groups in total. The second-order valence-corrected chi connectivity index (χ2v) is 0. The van der Waals surface area contributed by atoms with Crippen molar-refractivity contribution in [3.05, 3.63) is 0 Å². The van der Waals surface area contributed by atoms with E-state index >= 15 is 0 Å². The molecular formula is H12Cl5IrNaO6. The normalized spacial score (nSPS) is 0. The van der Waals surface area contributed by atoms with Crippen LogP contribution in [0.15, 0.2) is 0 Å². The molecule has 0 bridgehead atoms. The van der Waals surface area contributed by atoms with Crippen LogP contribution in [0.4, 0.5) is 0 Å². The van der Waals surface area contributed by atoms with E-state index in [4.69, 9.17) is 0 Å². The summed E-state index contributed by atoms with van der Waals surface area (Å²) in [4.78, 5) is 0. The minimum atomic E-state index is 0. The van der Waals surface area contributed by atoms with Crippen molar-refractivity contribution in [1.82, 2.24) is 0 Å². The molecule has 0 saturated heterocycles. The van der Waals surface area contributed by atoms with Crippen LogP contribution >= 0.6 is 0 Å². The molecule has 0 saturated carbocycles. The summed E-state index contributed by atoms with van der Waals surface area (Å²) in [6.45, 7) is 0. The molecule has 0 atom stereocenters. The van der Waals surface area contributed by atoms with Gasteiger partial charge in [-0.15, -0.1) is 0 Å². The van der Waals surface area contributed by atoms with Crippen LogP contribution in [0.2, 0.25) is 0 Å². The van der Waals surface area contributed by atoms with E-state index in [-0.39, 0.29) is 145 Å². The maximum atomic E-state index is 0. The van der Waals surface area contributed by atoms with Gasteiger partial charge in [0.25, 0.3) is 0 Å². The fourth-order valence-corrected chi connectivity index (χ4v) is 0. The van der Waals surface area contributed by atoms with Crippen LogP contribution in [0.5, 0.6) is 0 Å². The number of rotatable bonds is 0. The Balaban J connectivity index is 0. The van der Waals surface area contributed by atoms with E-state index in [0.29, 0.717) is 0 Å². The Morgan fingerprint density at radius 2 is 0.308 bits per heavy atom. The zero-order valence-corrected chi connectivity index (χ0v) is 14.4. The second-order valence-electron chi connectivity index (χ2n) is 0. The Morgan fingerprint density at radius 1 is 0.308 bits per heavy atom. The SMILES string of the molecule is O.O.O.O.O.O.[Cl-].[Cl-].[Cl-].[Cl-].[Cl-].[Ir+4].[Na+]. The molecule has 0 aromatic heterocycles. The number of hydrogen-bond acceptors (Lipinski definition) is 0. The molecule has 0 unspecified atom stereocenters. The molecule has 0 aliphatic carbocycles. The van der Waals surface area contributed by atoms with E-state index in [2.05, 4.69) is 0 Å². The van der Waals surface area contributed by atoms with Gasteiger partial charge in [-0.05, 0) is 0 Å². The van der Waals surface area contributed by atoms with E-state index in [9.17, 15) is 0 Å². The monoisotopic (exact) mass is 499 g/mol. The summed E-state index contributed by atoms with van der Waals surface area (Å²) in [7, 11) is 0. The molecule has 0 spiro atoms. The Kier molecular flexibility index (Phi) is 11500. The third-order valence-electron chi connectivity index (χ3n) is 0. The first-order chi connectivity index (χ1) is 0. The van der Waals surface area contributed by atoms with Crippen molar-refractivity contribution < 1.29 is 145 Å². The van der Waals surface area contributed by atoms with Gasteiger partial charge in [-0.25, -0.2) is 0 Å². The fourth-order valence-electron chi connectivity index (χ4n) is 0. The molecule has 6 nitrogen and oxygen atoms in total. The van der Waals surface area contributed by atoms with E-state index in [0.717, 1.165) is 0 Å². The van der Waals surface area contributed by atoms with Crippen LogP contribution in [0, 0.1) is 0 Å². The van der Waals surface area contributed by atoms with Gasteiger partial charge in [-0.1, -0.05) is 0 Å². The van der Waals surface area contributed by atoms with Crippen LogP contribution in [-0.4, -0.2) is 32.9 Å². The minimum absolute atomic E-state index is 0. The predicted octanol–water partition coefficient (Wildman–Crippen LogP) is -22.9. The van der Waals surface area contributed by atoms with Crippen LogP contribution in [-0.2, 0) is 20.1 Å². The van der Waals surface area contributed by atoms with Gasteiger partial charge in [-0.2, -0.15) is 0 Å². The molecule has 0 aromatic rings. The van der Waals surface area contributed by atoms with Crippen molar-refractivity contribution in [3.8, 4) is 0 Å². The molecule has 0 aromatic carbocycles. The van der Waals surface area contributed by atoms with Crippen LogP contribution < -0.4 is 91.6 Å². The summed E-state index contributed by atoms with van der Waals surface area (Å²) in [6, 6.07) is 0. The summed E-state index contributed by atoms with van der Waals surface area (Å²) < 4.78 is 0. The molecule has 0 aliphatic heterocycles. The number of halogens is 5. The first-order valence-electron chi connectivity index (χ1n) is 0. The zero-order chi connectivity index (χ0) is 0. The maximum Gasteiger partial charge on any atom is 4.00 e. The van der Waals surface area contributed by atoms with Gasteiger partial charge in [0.1, 0.15) is 0 Å². The second kappa shape index (κ2) is 349. The summed E-state index contributed by atoms with van der Waals surface area (Å²) in [5.74, 6) is 0. The Labute approximate surface area is 143 Å². The Morgan fingerprint density at radius 3 is 0.308 bits per heavy atom. The van der Waals surface area contributed by atoms with E-state index in [1.807, 2.05) is 0 Å². The zero-order valence-electron chi connectivity index (χ0n) is 6.22. The smallest absolute Gasteiger partial charge is 1.00 e. The predicted molar refractivity (Wildman–Crippen MR) is 21.7 cm³/mol. The van der Waals surface area contributed by atoms with Crippen molar-refractivity contribution in [2.24, 2.45) is 0 Å². The Bertz CT molecular complexity index is 21.0. The van der Waals surface area contributed by atoms with Gasteiger partial charge < -0.3 is 94.9 Å². The van der Waals surface area contributed by atoms with Crippen molar-refractivity contribution in [1.29, 1.82) is 0 Å². The van der Waals surface area contributed by atoms with Gasteiger partial charge in [0, 0.05) is 0 Å². The molecule has 1 radical (unpaired) electrons. The standard InChI is InChI=1S/5ClH.Ir.Na.6H2O/h5*1H;;;6*1H2/q;;;;;+4;+1;;;;;;/p-5. The largest absolute Gasteiger partial charge is 4.00 e. The average Bonchev–Trinajstić information content (AvgIpc) is 0. The molecule has 0 fully saturated rings. The summed E-state index contributed by atoms with van der Waals surface area (Å²) >= 11 is 0. The van der Waals surface area contributed by atoms with Crippen LogP contribution in [0.25, 0.3) is 0 Å². The molecule has 93 valence electrons. The van der Waals surface area contributed by atoms with Crippen molar-refractivity contribution in [2.45, 2.75) is 0 Å². The van der Waals surface area contributed by atoms with Crippen molar-refractivity contribution in [2.75, 3.05) is 0 Å². The molecule has 13 heavy (non-hydrogen) atoms. The van der Waals surface area contributed by atoms with E-state index in [1.165, 1.54) is 0 Å². The first-order valence-corrected chi connectivity index (χ1v) is 0. The van der Waals surface area contributed by atoms with Crippen LogP contribution in [0.1, 0.15) is 0 Å². The quantitative estimate of drug-likeness (QED) is 0.286. The molecular weight excluding hydrogens is 488 g/mol. The third kappa shape index (κ3) is 301. The van der Waals surface area contributed by atoms with Gasteiger partial charge in [-0.3, -0.25) is 0 Å². The molecule has 0 amide bonds. The molecule has 13 heteroatoms.